The van der Waals surface area contributed by atoms with Gasteiger partial charge in [-0.15, -0.1) is 11.3 Å². The van der Waals surface area contributed by atoms with Gasteiger partial charge in [-0.3, -0.25) is 9.59 Å². The fourth-order valence-electron chi connectivity index (χ4n) is 6.38. The minimum Gasteiger partial charge on any atom is -0.445 e. The molecule has 0 bridgehead atoms. The van der Waals surface area contributed by atoms with Crippen LogP contribution in [0.4, 0.5) is 0 Å². The molecule has 6 rings (SSSR count). The Morgan fingerprint density at radius 1 is 1.02 bits per heavy atom. The lowest BCUT2D eigenvalue weighted by atomic mass is 9.86. The first-order chi connectivity index (χ1) is 23.6. The largest absolute Gasteiger partial charge is 0.445 e. The number of aryl methyl sites for hydroxylation is 1. The molecule has 8 nitrogen and oxygen atoms in total. The lowest BCUT2D eigenvalue weighted by molar-refractivity contribution is 0.0735. The predicted molar refractivity (Wildman–Crippen MR) is 195 cm³/mol. The third-order valence-corrected chi connectivity index (χ3v) is 10.1. The molecule has 3 aromatic carbocycles. The van der Waals surface area contributed by atoms with E-state index in [2.05, 4.69) is 77.8 Å². The van der Waals surface area contributed by atoms with Crippen LogP contribution in [0.1, 0.15) is 94.2 Å². The summed E-state index contributed by atoms with van der Waals surface area (Å²) in [5, 5.41) is 9.85. The number of benzene rings is 3. The van der Waals surface area contributed by atoms with Gasteiger partial charge >= 0.3 is 0 Å². The zero-order valence-corrected chi connectivity index (χ0v) is 29.6. The number of carbonyl (C=O) groups excluding carboxylic acids is 2. The first kappa shape index (κ1) is 34.3. The van der Waals surface area contributed by atoms with Gasteiger partial charge < -0.3 is 20.0 Å². The number of hydrogen-bond acceptors (Lipinski definition) is 7. The molecule has 254 valence electrons. The van der Waals surface area contributed by atoms with Crippen molar-refractivity contribution >= 4 is 23.2 Å². The van der Waals surface area contributed by atoms with Gasteiger partial charge in [-0.25, -0.2) is 9.97 Å². The highest BCUT2D eigenvalue weighted by Gasteiger charge is 2.33. The van der Waals surface area contributed by atoms with Crippen molar-refractivity contribution in [3.63, 3.8) is 0 Å². The Kier molecular flexibility index (Phi) is 10.7. The Labute approximate surface area is 293 Å². The Morgan fingerprint density at radius 3 is 2.55 bits per heavy atom. The molecule has 5 aromatic rings. The average Bonchev–Trinajstić information content (AvgIpc) is 3.89. The molecule has 49 heavy (non-hydrogen) atoms. The van der Waals surface area contributed by atoms with Crippen LogP contribution >= 0.6 is 11.3 Å². The van der Waals surface area contributed by atoms with Crippen molar-refractivity contribution in [1.29, 1.82) is 0 Å². The Hall–Kier alpha value is -4.60. The lowest BCUT2D eigenvalue weighted by Crippen LogP contribution is -2.38. The molecule has 1 saturated heterocycles. The van der Waals surface area contributed by atoms with Gasteiger partial charge in [0, 0.05) is 46.9 Å². The first-order valence-corrected chi connectivity index (χ1v) is 17.9. The highest BCUT2D eigenvalue weighted by Crippen LogP contribution is 2.35. The monoisotopic (exact) mass is 675 g/mol. The number of likely N-dealkylation sites (tertiary alicyclic amines) is 1. The third-order valence-electron chi connectivity index (χ3n) is 9.01. The van der Waals surface area contributed by atoms with Crippen LogP contribution in [0, 0.1) is 6.92 Å². The predicted octanol–water partition coefficient (Wildman–Crippen LogP) is 7.90. The van der Waals surface area contributed by atoms with E-state index in [1.165, 1.54) is 17.4 Å². The highest BCUT2D eigenvalue weighted by molar-refractivity contribution is 7.09. The van der Waals surface area contributed by atoms with Gasteiger partial charge in [0.25, 0.3) is 11.8 Å². The molecule has 2 N–H and O–H groups in total. The topological polar surface area (TPSA) is 100 Å². The van der Waals surface area contributed by atoms with Crippen molar-refractivity contribution in [2.45, 2.75) is 77.4 Å². The van der Waals surface area contributed by atoms with Crippen LogP contribution in [0.3, 0.4) is 0 Å². The summed E-state index contributed by atoms with van der Waals surface area (Å²) in [6.07, 6.45) is 6.23. The zero-order valence-electron chi connectivity index (χ0n) is 28.7. The van der Waals surface area contributed by atoms with E-state index in [-0.39, 0.29) is 29.3 Å². The minimum atomic E-state index is -0.241. The van der Waals surface area contributed by atoms with Crippen LogP contribution in [0.5, 0.6) is 0 Å². The van der Waals surface area contributed by atoms with E-state index in [1.807, 2.05) is 35.4 Å². The summed E-state index contributed by atoms with van der Waals surface area (Å²) in [5.74, 6) is -0.00838. The van der Waals surface area contributed by atoms with E-state index in [4.69, 9.17) is 4.42 Å². The van der Waals surface area contributed by atoms with Crippen LogP contribution in [-0.2, 0) is 18.4 Å². The molecule has 2 amide bonds. The molecule has 0 aliphatic carbocycles. The summed E-state index contributed by atoms with van der Waals surface area (Å²) in [6.45, 7) is 10.8. The number of nitrogens with zero attached hydrogens (tertiary/aromatic N) is 3. The molecule has 0 unspecified atom stereocenters. The maximum atomic E-state index is 14.1. The molecule has 0 spiro atoms. The molecule has 0 saturated carbocycles. The SMILES string of the molecule is Cc1csc([C@H]2CCCN2C(=O)c2cc(C(=O)N[C@H](CCNCc3cccc(C(C)(C)C)c3)Cc3ccccc3)cc(-c3ncco3)c2)n1. The number of hydrogen-bond donors (Lipinski definition) is 2. The summed E-state index contributed by atoms with van der Waals surface area (Å²) >= 11 is 1.59. The highest BCUT2D eigenvalue weighted by atomic mass is 32.1. The van der Waals surface area contributed by atoms with E-state index in [9.17, 15) is 9.59 Å². The van der Waals surface area contributed by atoms with E-state index >= 15 is 0 Å². The van der Waals surface area contributed by atoms with Crippen molar-refractivity contribution in [2.24, 2.45) is 0 Å². The Morgan fingerprint density at radius 2 is 1.82 bits per heavy atom. The van der Waals surface area contributed by atoms with Crippen LogP contribution in [-0.4, -0.2) is 45.8 Å². The maximum Gasteiger partial charge on any atom is 0.254 e. The Bertz CT molecular complexity index is 1860. The van der Waals surface area contributed by atoms with E-state index in [0.29, 0.717) is 35.5 Å². The maximum absolute atomic E-state index is 14.1. The van der Waals surface area contributed by atoms with E-state index < -0.39 is 0 Å². The van der Waals surface area contributed by atoms with Crippen molar-refractivity contribution in [3.8, 4) is 11.5 Å². The second-order valence-corrected chi connectivity index (χ2v) is 14.8. The van der Waals surface area contributed by atoms with Crippen LogP contribution in [0.15, 0.2) is 95.1 Å². The van der Waals surface area contributed by atoms with E-state index in [1.54, 1.807) is 35.7 Å². The van der Waals surface area contributed by atoms with Crippen LogP contribution < -0.4 is 10.6 Å². The molecule has 1 aliphatic rings. The van der Waals surface area contributed by atoms with Crippen molar-refractivity contribution in [2.75, 3.05) is 13.1 Å². The number of thiazole rings is 1. The molecule has 2 atom stereocenters. The van der Waals surface area contributed by atoms with Crippen molar-refractivity contribution in [1.82, 2.24) is 25.5 Å². The van der Waals surface area contributed by atoms with Crippen LogP contribution in [0.2, 0.25) is 0 Å². The number of oxazole rings is 1. The fourth-order valence-corrected chi connectivity index (χ4v) is 7.32. The molecule has 2 aromatic heterocycles. The summed E-state index contributed by atoms with van der Waals surface area (Å²) < 4.78 is 5.61. The van der Waals surface area contributed by atoms with Gasteiger partial charge in [0.1, 0.15) is 11.3 Å². The summed E-state index contributed by atoms with van der Waals surface area (Å²) in [5.41, 5.74) is 6.15. The average molecular weight is 676 g/mol. The lowest BCUT2D eigenvalue weighted by Gasteiger charge is -2.24. The van der Waals surface area contributed by atoms with Gasteiger partial charge in [0.2, 0.25) is 5.89 Å². The number of amides is 2. The number of nitrogens with one attached hydrogen (secondary N) is 2. The molecule has 3 heterocycles. The number of carbonyl (C=O) groups is 2. The minimum absolute atomic E-state index is 0.0763. The van der Waals surface area contributed by atoms with Gasteiger partial charge in [-0.05, 0) is 79.5 Å². The standard InChI is InChI=1S/C40H45N5O3S/c1-27-26-49-38(43-27)35-14-9-18-45(35)39(47)32-23-30(22-31(24-32)37-42-17-19-48-37)36(46)44-34(21-28-10-6-5-7-11-28)15-16-41-25-29-12-8-13-33(20-29)40(2,3)4/h5-8,10-13,17,19-20,22-24,26,34-35,41H,9,14-16,18,21,25H2,1-4H3,(H,44,46)/t34-,35-/m1/s1. The molecular weight excluding hydrogens is 631 g/mol. The van der Waals surface area contributed by atoms with Gasteiger partial charge in [0.15, 0.2) is 0 Å². The molecule has 9 heteroatoms. The molecule has 1 aliphatic heterocycles. The summed E-state index contributed by atoms with van der Waals surface area (Å²) in [7, 11) is 0. The quantitative estimate of drug-likeness (QED) is 0.131. The van der Waals surface area contributed by atoms with Crippen molar-refractivity contribution < 1.29 is 14.0 Å². The second kappa shape index (κ2) is 15.3. The number of rotatable bonds is 12. The number of aromatic nitrogens is 2. The summed E-state index contributed by atoms with van der Waals surface area (Å²) in [4.78, 5) is 39.0. The van der Waals surface area contributed by atoms with Crippen molar-refractivity contribution in [3.05, 3.63) is 129 Å². The smallest absolute Gasteiger partial charge is 0.254 e. The molecule has 0 radical (unpaired) electrons. The first-order valence-electron chi connectivity index (χ1n) is 17.1. The van der Waals surface area contributed by atoms with Gasteiger partial charge in [-0.2, -0.15) is 0 Å². The van der Waals surface area contributed by atoms with Crippen LogP contribution in [0.25, 0.3) is 11.5 Å². The van der Waals surface area contributed by atoms with Gasteiger partial charge in [0.05, 0.1) is 12.2 Å². The third kappa shape index (κ3) is 8.71. The van der Waals surface area contributed by atoms with Gasteiger partial charge in [-0.1, -0.05) is 75.4 Å². The Balaban J connectivity index is 1.20. The molecule has 1 fully saturated rings. The fraction of sp³-hybridized carbons (Fsp3) is 0.350. The van der Waals surface area contributed by atoms with E-state index in [0.717, 1.165) is 48.6 Å². The zero-order chi connectivity index (χ0) is 34.4. The normalized spacial score (nSPS) is 15.3. The summed E-state index contributed by atoms with van der Waals surface area (Å²) in [6, 6.07) is 23.9. The molecular formula is C40H45N5O3S. The second-order valence-electron chi connectivity index (χ2n) is 13.9.